The van der Waals surface area contributed by atoms with Crippen molar-refractivity contribution in [2.24, 2.45) is 0 Å². The number of nitrogens with zero attached hydrogens (tertiary/aromatic N) is 2. The monoisotopic (exact) mass is 374 g/mol. The van der Waals surface area contributed by atoms with E-state index in [0.717, 1.165) is 5.56 Å². The smallest absolute Gasteiger partial charge is 0.274 e. The van der Waals surface area contributed by atoms with Crippen LogP contribution in [0.1, 0.15) is 43.7 Å². The van der Waals surface area contributed by atoms with Gasteiger partial charge in [-0.15, -0.1) is 0 Å². The molecule has 0 bridgehead atoms. The number of anilines is 1. The molecular weight excluding hydrogens is 356 g/mol. The fourth-order valence-electron chi connectivity index (χ4n) is 2.49. The first kappa shape index (κ1) is 18.9. The van der Waals surface area contributed by atoms with Crippen LogP contribution in [0.25, 0.3) is 0 Å². The van der Waals surface area contributed by atoms with Gasteiger partial charge in [0.25, 0.3) is 11.8 Å². The zero-order valence-corrected chi connectivity index (χ0v) is 15.2. The van der Waals surface area contributed by atoms with Crippen molar-refractivity contribution in [3.05, 3.63) is 89.5 Å². The normalized spacial score (nSPS) is 10.2. The Balaban J connectivity index is 1.68. The Bertz CT molecular complexity index is 1020. The highest BCUT2D eigenvalue weighted by Crippen LogP contribution is 2.13. The molecule has 0 fully saturated rings. The summed E-state index contributed by atoms with van der Waals surface area (Å²) in [6.07, 6.45) is 4.73. The molecule has 0 aliphatic heterocycles. The Kier molecular flexibility index (Phi) is 5.86. The fraction of sp³-hybridized carbons (Fsp3) is 0.0952. The number of benzene rings is 1. The van der Waals surface area contributed by atoms with Crippen molar-refractivity contribution < 1.29 is 14.4 Å². The molecule has 0 atom stereocenters. The summed E-state index contributed by atoms with van der Waals surface area (Å²) in [5, 5.41) is 5.46. The van der Waals surface area contributed by atoms with Gasteiger partial charge in [-0.05, 0) is 42.8 Å². The Morgan fingerprint density at radius 3 is 2.54 bits per heavy atom. The van der Waals surface area contributed by atoms with E-state index in [9.17, 15) is 14.4 Å². The number of Topliss-reactive ketones (excluding diaryl/α,β-unsaturated/α-hetero) is 1. The van der Waals surface area contributed by atoms with Crippen LogP contribution in [0.15, 0.2) is 67.1 Å². The van der Waals surface area contributed by atoms with Gasteiger partial charge in [0.15, 0.2) is 5.78 Å². The van der Waals surface area contributed by atoms with E-state index in [-0.39, 0.29) is 17.4 Å². The summed E-state index contributed by atoms with van der Waals surface area (Å²) in [5.74, 6) is -0.886. The molecular formula is C21H18N4O3. The van der Waals surface area contributed by atoms with E-state index in [1.807, 2.05) is 6.07 Å². The first-order chi connectivity index (χ1) is 13.5. The minimum Gasteiger partial charge on any atom is -0.348 e. The highest BCUT2D eigenvalue weighted by Gasteiger charge is 2.13. The van der Waals surface area contributed by atoms with E-state index >= 15 is 0 Å². The largest absolute Gasteiger partial charge is 0.348 e. The molecule has 0 unspecified atom stereocenters. The number of hydrogen-bond acceptors (Lipinski definition) is 5. The minimum atomic E-state index is -0.470. The van der Waals surface area contributed by atoms with E-state index in [1.165, 1.54) is 25.3 Å². The molecule has 7 nitrogen and oxygen atoms in total. The third kappa shape index (κ3) is 4.85. The van der Waals surface area contributed by atoms with E-state index in [4.69, 9.17) is 0 Å². The summed E-state index contributed by atoms with van der Waals surface area (Å²) in [7, 11) is 0. The molecule has 140 valence electrons. The molecule has 3 rings (SSSR count). The topological polar surface area (TPSA) is 101 Å². The van der Waals surface area contributed by atoms with Gasteiger partial charge in [0.05, 0.1) is 0 Å². The number of rotatable bonds is 6. The Hall–Kier alpha value is -3.87. The second-order valence-electron chi connectivity index (χ2n) is 6.06. The first-order valence-electron chi connectivity index (χ1n) is 8.58. The predicted molar refractivity (Wildman–Crippen MR) is 104 cm³/mol. The van der Waals surface area contributed by atoms with Crippen LogP contribution in [-0.4, -0.2) is 27.6 Å². The lowest BCUT2D eigenvalue weighted by molar-refractivity contribution is 0.0949. The van der Waals surface area contributed by atoms with Crippen LogP contribution in [-0.2, 0) is 6.54 Å². The fourth-order valence-corrected chi connectivity index (χ4v) is 2.49. The number of amides is 2. The average Bonchev–Trinajstić information content (AvgIpc) is 2.73. The Morgan fingerprint density at radius 2 is 1.79 bits per heavy atom. The van der Waals surface area contributed by atoms with Gasteiger partial charge in [-0.3, -0.25) is 24.4 Å². The van der Waals surface area contributed by atoms with Crippen LogP contribution in [0.2, 0.25) is 0 Å². The number of aromatic nitrogens is 2. The van der Waals surface area contributed by atoms with Crippen LogP contribution < -0.4 is 10.6 Å². The van der Waals surface area contributed by atoms with Gasteiger partial charge in [-0.2, -0.15) is 0 Å². The number of carbonyl (C=O) groups excluding carboxylic acids is 3. The van der Waals surface area contributed by atoms with Crippen LogP contribution in [0.3, 0.4) is 0 Å². The zero-order valence-electron chi connectivity index (χ0n) is 15.2. The Labute approximate surface area is 161 Å². The molecule has 0 aliphatic rings. The summed E-state index contributed by atoms with van der Waals surface area (Å²) in [6.45, 7) is 1.78. The molecule has 0 saturated carbocycles. The summed E-state index contributed by atoms with van der Waals surface area (Å²) in [5.41, 5.74) is 2.26. The van der Waals surface area contributed by atoms with E-state index in [0.29, 0.717) is 23.4 Å². The lowest BCUT2D eigenvalue weighted by Gasteiger charge is -2.08. The number of pyridine rings is 2. The molecule has 0 saturated heterocycles. The molecule has 0 spiro atoms. The van der Waals surface area contributed by atoms with E-state index in [2.05, 4.69) is 20.6 Å². The van der Waals surface area contributed by atoms with Gasteiger partial charge in [-0.25, -0.2) is 0 Å². The molecule has 0 aliphatic carbocycles. The van der Waals surface area contributed by atoms with Crippen molar-refractivity contribution in [2.75, 3.05) is 5.32 Å². The van der Waals surface area contributed by atoms with Crippen molar-refractivity contribution in [1.82, 2.24) is 15.3 Å². The maximum absolute atomic E-state index is 12.5. The average molecular weight is 374 g/mol. The lowest BCUT2D eigenvalue weighted by atomic mass is 10.1. The third-order valence-corrected chi connectivity index (χ3v) is 3.96. The zero-order chi connectivity index (χ0) is 19.9. The van der Waals surface area contributed by atoms with Crippen LogP contribution in [0, 0.1) is 0 Å². The molecule has 28 heavy (non-hydrogen) atoms. The summed E-state index contributed by atoms with van der Waals surface area (Å²) in [6, 6.07) is 13.2. The van der Waals surface area contributed by atoms with Crippen molar-refractivity contribution in [1.29, 1.82) is 0 Å². The summed E-state index contributed by atoms with van der Waals surface area (Å²) < 4.78 is 0. The highest BCUT2D eigenvalue weighted by molar-refractivity contribution is 6.05. The maximum Gasteiger partial charge on any atom is 0.274 e. The van der Waals surface area contributed by atoms with Crippen molar-refractivity contribution in [3.8, 4) is 0 Å². The van der Waals surface area contributed by atoms with Crippen molar-refractivity contribution >= 4 is 23.3 Å². The molecule has 7 heteroatoms. The molecule has 2 amide bonds. The number of ketones is 1. The lowest BCUT2D eigenvalue weighted by Crippen LogP contribution is -2.23. The van der Waals surface area contributed by atoms with Crippen LogP contribution in [0.5, 0.6) is 0 Å². The second kappa shape index (κ2) is 8.68. The highest BCUT2D eigenvalue weighted by atomic mass is 16.2. The SMILES string of the molecule is CC(=O)c1cccc(NC(=O)c2cc(C(=O)NCc3cccnc3)ccn2)c1. The summed E-state index contributed by atoms with van der Waals surface area (Å²) in [4.78, 5) is 44.3. The molecule has 1 aromatic carbocycles. The number of nitrogens with one attached hydrogen (secondary N) is 2. The quantitative estimate of drug-likeness (QED) is 0.646. The standard InChI is InChI=1S/C21H18N4O3/c1-14(26)16-5-2-6-18(10-16)25-21(28)19-11-17(7-9-23-19)20(27)24-13-15-4-3-8-22-12-15/h2-12H,13H2,1H3,(H,24,27)(H,25,28). The van der Waals surface area contributed by atoms with E-state index in [1.54, 1.807) is 42.7 Å². The predicted octanol–water partition coefficient (Wildman–Crippen LogP) is 2.86. The molecule has 2 N–H and O–H groups in total. The van der Waals surface area contributed by atoms with Gasteiger partial charge >= 0.3 is 0 Å². The second-order valence-corrected chi connectivity index (χ2v) is 6.06. The van der Waals surface area contributed by atoms with Crippen LogP contribution in [0.4, 0.5) is 5.69 Å². The Morgan fingerprint density at radius 1 is 0.929 bits per heavy atom. The van der Waals surface area contributed by atoms with E-state index < -0.39 is 5.91 Å². The van der Waals surface area contributed by atoms with Gasteiger partial charge in [-0.1, -0.05) is 18.2 Å². The number of hydrogen-bond donors (Lipinski definition) is 2. The third-order valence-electron chi connectivity index (χ3n) is 3.96. The molecule has 3 aromatic rings. The minimum absolute atomic E-state index is 0.0958. The van der Waals surface area contributed by atoms with Crippen molar-refractivity contribution in [2.45, 2.75) is 13.5 Å². The van der Waals surface area contributed by atoms with Gasteiger partial charge in [0.1, 0.15) is 5.69 Å². The molecule has 2 heterocycles. The summed E-state index contributed by atoms with van der Waals surface area (Å²) >= 11 is 0. The van der Waals surface area contributed by atoms with Gasteiger partial charge in [0, 0.05) is 41.9 Å². The molecule has 2 aromatic heterocycles. The van der Waals surface area contributed by atoms with Gasteiger partial charge in [0.2, 0.25) is 0 Å². The van der Waals surface area contributed by atoms with Crippen LogP contribution >= 0.6 is 0 Å². The van der Waals surface area contributed by atoms with Crippen molar-refractivity contribution in [3.63, 3.8) is 0 Å². The first-order valence-corrected chi connectivity index (χ1v) is 8.58. The maximum atomic E-state index is 12.5. The number of carbonyl (C=O) groups is 3. The molecule has 0 radical (unpaired) electrons. The van der Waals surface area contributed by atoms with Gasteiger partial charge < -0.3 is 10.6 Å².